The summed E-state index contributed by atoms with van der Waals surface area (Å²) in [5, 5.41) is 15.9. The van der Waals surface area contributed by atoms with E-state index in [2.05, 4.69) is 6.58 Å². The molecule has 0 aromatic rings. The van der Waals surface area contributed by atoms with Crippen LogP contribution < -0.4 is 0 Å². The summed E-state index contributed by atoms with van der Waals surface area (Å²) >= 11 is 0. The Morgan fingerprint density at radius 3 is 2.91 bits per heavy atom. The monoisotopic (exact) mass is 144 g/mol. The summed E-state index contributed by atoms with van der Waals surface area (Å²) in [6.45, 7) is 3.59. The first-order valence-corrected chi connectivity index (χ1v) is 3.30. The molecule has 11 heavy (non-hydrogen) atoms. The third-order valence-electron chi connectivity index (χ3n) is 1.54. The molecule has 54 valence electrons. The standard InChI is InChI=1S/C9H8N2/c1-2-7-3-4-8(6-10)9(11)5-7/h2,4-5,11H,1,3H2. The third kappa shape index (κ3) is 1.44. The first-order chi connectivity index (χ1) is 5.27. The van der Waals surface area contributed by atoms with E-state index in [1.54, 1.807) is 18.2 Å². The fourth-order valence-electron chi connectivity index (χ4n) is 0.900. The van der Waals surface area contributed by atoms with Gasteiger partial charge in [0, 0.05) is 0 Å². The molecule has 2 heteroatoms. The van der Waals surface area contributed by atoms with Gasteiger partial charge in [0.2, 0.25) is 0 Å². The van der Waals surface area contributed by atoms with Crippen molar-refractivity contribution in [1.82, 2.24) is 0 Å². The van der Waals surface area contributed by atoms with Crippen LogP contribution in [0.25, 0.3) is 0 Å². The van der Waals surface area contributed by atoms with Crippen molar-refractivity contribution in [2.45, 2.75) is 6.42 Å². The first kappa shape index (κ1) is 7.49. The number of hydrogen-bond acceptors (Lipinski definition) is 2. The number of nitrogens with zero attached hydrogens (tertiary/aromatic N) is 1. The summed E-state index contributed by atoms with van der Waals surface area (Å²) in [6, 6.07) is 1.96. The highest BCUT2D eigenvalue weighted by Crippen LogP contribution is 2.14. The lowest BCUT2D eigenvalue weighted by Gasteiger charge is -2.05. The molecule has 1 aliphatic rings. The lowest BCUT2D eigenvalue weighted by Crippen LogP contribution is -2.01. The van der Waals surface area contributed by atoms with Gasteiger partial charge < -0.3 is 0 Å². The highest BCUT2D eigenvalue weighted by molar-refractivity contribution is 6.10. The van der Waals surface area contributed by atoms with Gasteiger partial charge in [0.25, 0.3) is 0 Å². The Kier molecular flexibility index (Phi) is 2.03. The Morgan fingerprint density at radius 2 is 2.45 bits per heavy atom. The van der Waals surface area contributed by atoms with E-state index in [-0.39, 0.29) is 5.71 Å². The van der Waals surface area contributed by atoms with Gasteiger partial charge in [-0.2, -0.15) is 5.26 Å². The van der Waals surface area contributed by atoms with Gasteiger partial charge in [-0.1, -0.05) is 18.7 Å². The van der Waals surface area contributed by atoms with E-state index in [9.17, 15) is 0 Å². The highest BCUT2D eigenvalue weighted by atomic mass is 14.4. The smallest absolute Gasteiger partial charge is 0.101 e. The van der Waals surface area contributed by atoms with Crippen molar-refractivity contribution in [1.29, 1.82) is 10.7 Å². The molecule has 0 radical (unpaired) electrons. The molecule has 0 fully saturated rings. The zero-order valence-electron chi connectivity index (χ0n) is 6.09. The van der Waals surface area contributed by atoms with Crippen molar-refractivity contribution < 1.29 is 0 Å². The van der Waals surface area contributed by atoms with E-state index >= 15 is 0 Å². The molecule has 2 nitrogen and oxygen atoms in total. The van der Waals surface area contributed by atoms with E-state index in [4.69, 9.17) is 10.7 Å². The van der Waals surface area contributed by atoms with E-state index in [0.717, 1.165) is 12.0 Å². The molecule has 0 aromatic carbocycles. The van der Waals surface area contributed by atoms with Crippen LogP contribution in [-0.2, 0) is 0 Å². The van der Waals surface area contributed by atoms with Gasteiger partial charge in [-0.3, -0.25) is 5.41 Å². The minimum Gasteiger partial charge on any atom is -0.300 e. The minimum atomic E-state index is 0.286. The van der Waals surface area contributed by atoms with Crippen molar-refractivity contribution in [2.75, 3.05) is 0 Å². The highest BCUT2D eigenvalue weighted by Gasteiger charge is 2.06. The average Bonchev–Trinajstić information content (AvgIpc) is 2.04. The van der Waals surface area contributed by atoms with Crippen molar-refractivity contribution in [3.05, 3.63) is 36.0 Å². The Morgan fingerprint density at radius 1 is 1.73 bits per heavy atom. The molecule has 0 spiro atoms. The van der Waals surface area contributed by atoms with E-state index in [1.165, 1.54) is 0 Å². The molecule has 0 unspecified atom stereocenters. The quantitative estimate of drug-likeness (QED) is 0.600. The molecule has 0 saturated heterocycles. The van der Waals surface area contributed by atoms with E-state index < -0.39 is 0 Å². The Labute approximate surface area is 65.7 Å². The molecule has 1 N–H and O–H groups in total. The normalized spacial score (nSPS) is 16.5. The summed E-state index contributed by atoms with van der Waals surface area (Å²) in [7, 11) is 0. The molecule has 0 atom stereocenters. The van der Waals surface area contributed by atoms with Crippen molar-refractivity contribution >= 4 is 5.71 Å². The van der Waals surface area contributed by atoms with Gasteiger partial charge in [0.05, 0.1) is 11.3 Å². The summed E-state index contributed by atoms with van der Waals surface area (Å²) in [5.41, 5.74) is 1.73. The third-order valence-corrected chi connectivity index (χ3v) is 1.54. The number of nitriles is 1. The maximum atomic E-state index is 8.51. The second-order valence-electron chi connectivity index (χ2n) is 2.27. The number of hydrogen-bond donors (Lipinski definition) is 1. The van der Waals surface area contributed by atoms with Crippen LogP contribution in [0.15, 0.2) is 36.0 Å². The summed E-state index contributed by atoms with van der Waals surface area (Å²) < 4.78 is 0. The first-order valence-electron chi connectivity index (χ1n) is 3.30. The van der Waals surface area contributed by atoms with Crippen LogP contribution in [0, 0.1) is 16.7 Å². The Balaban J connectivity index is 2.89. The zero-order chi connectivity index (χ0) is 8.27. The largest absolute Gasteiger partial charge is 0.300 e. The molecular weight excluding hydrogens is 136 g/mol. The van der Waals surface area contributed by atoms with E-state index in [1.807, 2.05) is 6.07 Å². The average molecular weight is 144 g/mol. The fourth-order valence-corrected chi connectivity index (χ4v) is 0.900. The van der Waals surface area contributed by atoms with Crippen LogP contribution in [0.5, 0.6) is 0 Å². The van der Waals surface area contributed by atoms with Gasteiger partial charge in [0.1, 0.15) is 6.07 Å². The van der Waals surface area contributed by atoms with E-state index in [0.29, 0.717) is 5.57 Å². The van der Waals surface area contributed by atoms with Crippen LogP contribution >= 0.6 is 0 Å². The maximum absolute atomic E-state index is 8.51. The molecule has 0 saturated carbocycles. The van der Waals surface area contributed by atoms with Gasteiger partial charge in [-0.15, -0.1) is 0 Å². The van der Waals surface area contributed by atoms with Crippen LogP contribution in [0.2, 0.25) is 0 Å². The molecule has 1 rings (SSSR count). The van der Waals surface area contributed by atoms with Crippen LogP contribution in [0.4, 0.5) is 0 Å². The van der Waals surface area contributed by atoms with Crippen LogP contribution in [-0.4, -0.2) is 5.71 Å². The minimum absolute atomic E-state index is 0.286. The SMILES string of the molecule is C=CC1=CC(=N)C(C#N)=CC1. The number of rotatable bonds is 1. The van der Waals surface area contributed by atoms with Gasteiger partial charge in [-0.05, 0) is 18.1 Å². The second-order valence-corrected chi connectivity index (χ2v) is 2.27. The molecule has 0 aliphatic heterocycles. The molecule has 0 heterocycles. The summed E-state index contributed by atoms with van der Waals surface area (Å²) in [4.78, 5) is 0. The summed E-state index contributed by atoms with van der Waals surface area (Å²) in [6.07, 6.45) is 5.85. The molecule has 0 bridgehead atoms. The molecule has 0 aromatic heterocycles. The molecular formula is C9H8N2. The predicted molar refractivity (Wildman–Crippen MR) is 44.3 cm³/mol. The summed E-state index contributed by atoms with van der Waals surface area (Å²) in [5.74, 6) is 0. The lowest BCUT2D eigenvalue weighted by atomic mass is 9.99. The zero-order valence-corrected chi connectivity index (χ0v) is 6.09. The van der Waals surface area contributed by atoms with Gasteiger partial charge >= 0.3 is 0 Å². The molecule has 1 aliphatic carbocycles. The van der Waals surface area contributed by atoms with Crippen LogP contribution in [0.3, 0.4) is 0 Å². The lowest BCUT2D eigenvalue weighted by molar-refractivity contribution is 1.25. The van der Waals surface area contributed by atoms with Gasteiger partial charge in [-0.25, -0.2) is 0 Å². The maximum Gasteiger partial charge on any atom is 0.101 e. The molecule has 0 amide bonds. The Hall–Kier alpha value is -1.62. The van der Waals surface area contributed by atoms with Gasteiger partial charge in [0.15, 0.2) is 0 Å². The predicted octanol–water partition coefficient (Wildman–Crippen LogP) is 1.97. The topological polar surface area (TPSA) is 47.6 Å². The second kappa shape index (κ2) is 2.98. The Bertz CT molecular complexity index is 300. The van der Waals surface area contributed by atoms with Crippen molar-refractivity contribution in [3.63, 3.8) is 0 Å². The van der Waals surface area contributed by atoms with Crippen molar-refractivity contribution in [2.24, 2.45) is 0 Å². The van der Waals surface area contributed by atoms with Crippen LogP contribution in [0.1, 0.15) is 6.42 Å². The fraction of sp³-hybridized carbons (Fsp3) is 0.111. The number of nitrogens with one attached hydrogen (secondary N) is 1. The number of allylic oxidation sites excluding steroid dienone is 5. The van der Waals surface area contributed by atoms with Crippen molar-refractivity contribution in [3.8, 4) is 6.07 Å².